The highest BCUT2D eigenvalue weighted by molar-refractivity contribution is 7.10. The third-order valence-corrected chi connectivity index (χ3v) is 4.13. The predicted molar refractivity (Wildman–Crippen MR) is 71.3 cm³/mol. The molecule has 1 aliphatic heterocycles. The van der Waals surface area contributed by atoms with Crippen LogP contribution in [0.25, 0.3) is 0 Å². The van der Waals surface area contributed by atoms with Crippen molar-refractivity contribution in [1.29, 1.82) is 0 Å². The van der Waals surface area contributed by atoms with Crippen LogP contribution in [0.5, 0.6) is 0 Å². The first-order valence-corrected chi connectivity index (χ1v) is 7.14. The van der Waals surface area contributed by atoms with E-state index in [1.54, 1.807) is 23.2 Å². The van der Waals surface area contributed by atoms with E-state index in [1.165, 1.54) is 0 Å². The van der Waals surface area contributed by atoms with E-state index < -0.39 is 6.04 Å². The van der Waals surface area contributed by atoms with Crippen molar-refractivity contribution in [3.8, 4) is 0 Å². The molecule has 0 aromatic carbocycles. The Morgan fingerprint density at radius 1 is 1.56 bits per heavy atom. The van der Waals surface area contributed by atoms with Crippen LogP contribution in [0.4, 0.5) is 0 Å². The van der Waals surface area contributed by atoms with E-state index in [9.17, 15) is 9.59 Å². The van der Waals surface area contributed by atoms with Crippen LogP contribution >= 0.6 is 11.3 Å². The van der Waals surface area contributed by atoms with Gasteiger partial charge in [-0.3, -0.25) is 9.59 Å². The van der Waals surface area contributed by atoms with Crippen molar-refractivity contribution >= 4 is 23.2 Å². The normalized spacial score (nSPS) is 21.9. The summed E-state index contributed by atoms with van der Waals surface area (Å²) in [6, 6.07) is 3.65. The molecule has 0 saturated carbocycles. The summed E-state index contributed by atoms with van der Waals surface area (Å²) in [5, 5.41) is 4.68. The molecule has 1 aromatic heterocycles. The molecule has 1 N–H and O–H groups in total. The molecule has 0 radical (unpaired) electrons. The number of nitrogens with one attached hydrogen (secondary N) is 1. The Hall–Kier alpha value is -1.36. The van der Waals surface area contributed by atoms with E-state index in [0.717, 1.165) is 17.7 Å². The highest BCUT2D eigenvalue weighted by Crippen LogP contribution is 2.30. The van der Waals surface area contributed by atoms with Gasteiger partial charge in [0.05, 0.1) is 6.04 Å². The maximum atomic E-state index is 12.2. The quantitative estimate of drug-likeness (QED) is 0.905. The zero-order valence-corrected chi connectivity index (χ0v) is 11.5. The largest absolute Gasteiger partial charge is 0.343 e. The minimum absolute atomic E-state index is 0.0152. The highest BCUT2D eigenvalue weighted by atomic mass is 32.1. The van der Waals surface area contributed by atoms with Gasteiger partial charge in [0.2, 0.25) is 11.8 Å². The van der Waals surface area contributed by atoms with E-state index in [2.05, 4.69) is 12.2 Å². The Labute approximate surface area is 111 Å². The summed E-state index contributed by atoms with van der Waals surface area (Å²) in [6.45, 7) is 4.01. The van der Waals surface area contributed by atoms with Crippen molar-refractivity contribution in [3.63, 3.8) is 0 Å². The van der Waals surface area contributed by atoms with E-state index in [1.807, 2.05) is 17.5 Å². The number of rotatable bonds is 4. The number of carbonyl (C=O) groups excluding carboxylic acids is 2. The minimum atomic E-state index is -0.412. The molecule has 2 atom stereocenters. The summed E-state index contributed by atoms with van der Waals surface area (Å²) in [7, 11) is 0. The third kappa shape index (κ3) is 2.56. The molecule has 98 valence electrons. The van der Waals surface area contributed by atoms with Crippen LogP contribution in [-0.4, -0.2) is 29.3 Å². The molecular weight excluding hydrogens is 248 g/mol. The number of piperazine rings is 1. The summed E-state index contributed by atoms with van der Waals surface area (Å²) in [6.07, 6.45) is 1.88. The first-order chi connectivity index (χ1) is 8.63. The van der Waals surface area contributed by atoms with Crippen LogP contribution in [0.15, 0.2) is 17.5 Å². The van der Waals surface area contributed by atoms with Crippen LogP contribution in [-0.2, 0) is 9.59 Å². The number of nitrogens with zero attached hydrogens (tertiary/aromatic N) is 1. The van der Waals surface area contributed by atoms with Gasteiger partial charge in [0, 0.05) is 4.88 Å². The SMILES string of the molecule is CCCC(c1cccs1)N1CC(=O)NC(C)C1=O. The molecule has 1 saturated heterocycles. The lowest BCUT2D eigenvalue weighted by molar-refractivity contribution is -0.146. The molecule has 2 heterocycles. The first-order valence-electron chi connectivity index (χ1n) is 6.26. The first kappa shape index (κ1) is 13.1. The highest BCUT2D eigenvalue weighted by Gasteiger charge is 2.34. The van der Waals surface area contributed by atoms with E-state index in [4.69, 9.17) is 0 Å². The van der Waals surface area contributed by atoms with Gasteiger partial charge in [-0.2, -0.15) is 0 Å². The van der Waals surface area contributed by atoms with Gasteiger partial charge in [-0.25, -0.2) is 0 Å². The molecule has 2 amide bonds. The predicted octanol–water partition coefficient (Wildman–Crippen LogP) is 1.94. The fourth-order valence-corrected chi connectivity index (χ4v) is 3.17. The lowest BCUT2D eigenvalue weighted by Gasteiger charge is -2.36. The molecule has 4 nitrogen and oxygen atoms in total. The molecule has 5 heteroatoms. The van der Waals surface area contributed by atoms with Crippen molar-refractivity contribution in [2.45, 2.75) is 38.8 Å². The molecule has 2 rings (SSSR count). The average Bonchev–Trinajstić information content (AvgIpc) is 2.84. The van der Waals surface area contributed by atoms with Crippen molar-refractivity contribution < 1.29 is 9.59 Å². The number of hydrogen-bond donors (Lipinski definition) is 1. The molecule has 18 heavy (non-hydrogen) atoms. The Morgan fingerprint density at radius 2 is 2.33 bits per heavy atom. The Balaban J connectivity index is 2.24. The zero-order chi connectivity index (χ0) is 13.1. The van der Waals surface area contributed by atoms with Crippen LogP contribution < -0.4 is 5.32 Å². The van der Waals surface area contributed by atoms with E-state index in [0.29, 0.717) is 0 Å². The summed E-state index contributed by atoms with van der Waals surface area (Å²) >= 11 is 1.64. The van der Waals surface area contributed by atoms with Gasteiger partial charge in [-0.05, 0) is 24.8 Å². The average molecular weight is 266 g/mol. The van der Waals surface area contributed by atoms with Crippen LogP contribution in [0.1, 0.15) is 37.6 Å². The summed E-state index contributed by atoms with van der Waals surface area (Å²) in [4.78, 5) is 26.7. The number of carbonyl (C=O) groups is 2. The van der Waals surface area contributed by atoms with Crippen molar-refractivity contribution in [3.05, 3.63) is 22.4 Å². The third-order valence-electron chi connectivity index (χ3n) is 3.15. The minimum Gasteiger partial charge on any atom is -0.343 e. The van der Waals surface area contributed by atoms with Gasteiger partial charge >= 0.3 is 0 Å². The fraction of sp³-hybridized carbons (Fsp3) is 0.538. The molecule has 0 spiro atoms. The van der Waals surface area contributed by atoms with Gasteiger partial charge in [-0.15, -0.1) is 11.3 Å². The summed E-state index contributed by atoms with van der Waals surface area (Å²) in [5.74, 6) is -0.0544. The zero-order valence-electron chi connectivity index (χ0n) is 10.7. The fourth-order valence-electron chi connectivity index (χ4n) is 2.30. The second-order valence-corrected chi connectivity index (χ2v) is 5.55. The van der Waals surface area contributed by atoms with Crippen molar-refractivity contribution in [2.75, 3.05) is 6.54 Å². The van der Waals surface area contributed by atoms with E-state index >= 15 is 0 Å². The molecule has 1 fully saturated rings. The standard InChI is InChI=1S/C13H18N2O2S/c1-3-5-10(11-6-4-7-18-11)15-8-12(16)14-9(2)13(15)17/h4,6-7,9-10H,3,5,8H2,1-2H3,(H,14,16). The summed E-state index contributed by atoms with van der Waals surface area (Å²) in [5.41, 5.74) is 0. The maximum Gasteiger partial charge on any atom is 0.245 e. The summed E-state index contributed by atoms with van der Waals surface area (Å²) < 4.78 is 0. The van der Waals surface area contributed by atoms with Crippen LogP contribution in [0, 0.1) is 0 Å². The second kappa shape index (κ2) is 5.52. The van der Waals surface area contributed by atoms with E-state index in [-0.39, 0.29) is 24.4 Å². The lowest BCUT2D eigenvalue weighted by atomic mass is 10.1. The molecule has 0 bridgehead atoms. The van der Waals surface area contributed by atoms with Gasteiger partial charge in [-0.1, -0.05) is 19.4 Å². The Bertz CT molecular complexity index is 430. The van der Waals surface area contributed by atoms with Crippen LogP contribution in [0.3, 0.4) is 0 Å². The molecule has 1 aliphatic rings. The molecule has 0 aliphatic carbocycles. The molecule has 1 aromatic rings. The number of amides is 2. The smallest absolute Gasteiger partial charge is 0.245 e. The van der Waals surface area contributed by atoms with Crippen LogP contribution in [0.2, 0.25) is 0 Å². The van der Waals surface area contributed by atoms with Crippen molar-refractivity contribution in [1.82, 2.24) is 10.2 Å². The van der Waals surface area contributed by atoms with Gasteiger partial charge in [0.25, 0.3) is 0 Å². The van der Waals surface area contributed by atoms with Crippen molar-refractivity contribution in [2.24, 2.45) is 0 Å². The van der Waals surface area contributed by atoms with Gasteiger partial charge < -0.3 is 10.2 Å². The van der Waals surface area contributed by atoms with Gasteiger partial charge in [0.15, 0.2) is 0 Å². The second-order valence-electron chi connectivity index (χ2n) is 4.58. The Kier molecular flexibility index (Phi) is 4.01. The maximum absolute atomic E-state index is 12.2. The molecule has 2 unspecified atom stereocenters. The Morgan fingerprint density at radius 3 is 2.94 bits per heavy atom. The van der Waals surface area contributed by atoms with Gasteiger partial charge in [0.1, 0.15) is 12.6 Å². The lowest BCUT2D eigenvalue weighted by Crippen LogP contribution is -2.57. The monoisotopic (exact) mass is 266 g/mol. The number of hydrogen-bond acceptors (Lipinski definition) is 3. The molecular formula is C13H18N2O2S. The number of thiophene rings is 1. The topological polar surface area (TPSA) is 49.4 Å².